The first-order chi connectivity index (χ1) is 10.4. The van der Waals surface area contributed by atoms with Gasteiger partial charge in [0.1, 0.15) is 13.2 Å². The first-order valence-corrected chi connectivity index (χ1v) is 8.98. The van der Waals surface area contributed by atoms with Crippen molar-refractivity contribution >= 4 is 26.5 Å². The Morgan fingerprint density at radius 3 is 2.50 bits per heavy atom. The average molecular weight is 340 g/mol. The molecule has 1 aliphatic rings. The van der Waals surface area contributed by atoms with Crippen molar-refractivity contribution in [2.45, 2.75) is 18.7 Å². The maximum atomic E-state index is 12.7. The van der Waals surface area contributed by atoms with E-state index in [1.165, 1.54) is 34.8 Å². The highest BCUT2D eigenvalue weighted by atomic mass is 32.2. The lowest BCUT2D eigenvalue weighted by Crippen LogP contribution is -2.26. The third-order valence-corrected chi connectivity index (χ3v) is 6.47. The highest BCUT2D eigenvalue weighted by Gasteiger charge is 2.26. The molecule has 2 aromatic rings. The van der Waals surface area contributed by atoms with Crippen LogP contribution >= 0.6 is 11.3 Å². The van der Waals surface area contributed by atoms with E-state index in [0.717, 1.165) is 10.6 Å². The lowest BCUT2D eigenvalue weighted by molar-refractivity contribution is 0.171. The second-order valence-corrected chi connectivity index (χ2v) is 8.07. The van der Waals surface area contributed by atoms with Crippen molar-refractivity contribution < 1.29 is 17.9 Å². The van der Waals surface area contributed by atoms with Crippen LogP contribution in [0.4, 0.5) is 5.13 Å². The van der Waals surface area contributed by atoms with Gasteiger partial charge < -0.3 is 9.47 Å². The number of sulfonamides is 1. The fraction of sp³-hybridized carbons (Fsp3) is 0.357. The topological polar surface area (TPSA) is 68.7 Å². The van der Waals surface area contributed by atoms with Crippen LogP contribution in [0.15, 0.2) is 23.1 Å². The Balaban J connectivity index is 1.98. The summed E-state index contributed by atoms with van der Waals surface area (Å²) in [5.41, 5.74) is 0.837. The molecule has 118 valence electrons. The van der Waals surface area contributed by atoms with Gasteiger partial charge in [-0.2, -0.15) is 0 Å². The lowest BCUT2D eigenvalue weighted by atomic mass is 10.3. The van der Waals surface area contributed by atoms with Crippen LogP contribution in [-0.4, -0.2) is 33.7 Å². The molecule has 0 saturated carbocycles. The predicted octanol–water partition coefficient (Wildman–Crippen LogP) is 2.36. The Bertz CT molecular complexity index is 795. The first-order valence-electron chi connectivity index (χ1n) is 6.72. The second-order valence-electron chi connectivity index (χ2n) is 4.92. The van der Waals surface area contributed by atoms with Crippen LogP contribution in [0.5, 0.6) is 11.5 Å². The van der Waals surface area contributed by atoms with E-state index < -0.39 is 10.0 Å². The standard InChI is InChI=1S/C14H16N2O4S2/c1-9-10(2)21-14(15-9)16(3)22(17,18)11-4-5-12-13(8-11)20-7-6-19-12/h4-5,8H,6-7H2,1-3H3. The molecular formula is C14H16N2O4S2. The van der Waals surface area contributed by atoms with E-state index in [0.29, 0.717) is 29.8 Å². The molecule has 0 spiro atoms. The Morgan fingerprint density at radius 2 is 1.86 bits per heavy atom. The largest absolute Gasteiger partial charge is 0.486 e. The second kappa shape index (κ2) is 5.44. The van der Waals surface area contributed by atoms with Crippen LogP contribution < -0.4 is 13.8 Å². The van der Waals surface area contributed by atoms with Crippen molar-refractivity contribution in [2.75, 3.05) is 24.6 Å². The normalized spacial score (nSPS) is 14.0. The third kappa shape index (κ3) is 2.52. The maximum Gasteiger partial charge on any atom is 0.265 e. The summed E-state index contributed by atoms with van der Waals surface area (Å²) in [5, 5.41) is 0.449. The number of fused-ring (bicyclic) bond motifs is 1. The summed E-state index contributed by atoms with van der Waals surface area (Å²) in [6.07, 6.45) is 0. The monoisotopic (exact) mass is 340 g/mol. The van der Waals surface area contributed by atoms with E-state index in [4.69, 9.17) is 9.47 Å². The minimum Gasteiger partial charge on any atom is -0.486 e. The molecule has 1 aromatic carbocycles. The number of thiazole rings is 1. The summed E-state index contributed by atoms with van der Waals surface area (Å²) in [7, 11) is -2.18. The number of aryl methyl sites for hydroxylation is 2. The molecule has 2 heterocycles. The number of rotatable bonds is 3. The zero-order valence-electron chi connectivity index (χ0n) is 12.5. The molecule has 1 aromatic heterocycles. The minimum absolute atomic E-state index is 0.157. The molecule has 3 rings (SSSR count). The molecule has 6 nitrogen and oxygen atoms in total. The van der Waals surface area contributed by atoms with Gasteiger partial charge in [-0.3, -0.25) is 0 Å². The van der Waals surface area contributed by atoms with E-state index in [9.17, 15) is 8.42 Å². The quantitative estimate of drug-likeness (QED) is 0.858. The van der Waals surface area contributed by atoms with Crippen molar-refractivity contribution in [3.05, 3.63) is 28.8 Å². The van der Waals surface area contributed by atoms with Crippen LogP contribution in [0, 0.1) is 13.8 Å². The van der Waals surface area contributed by atoms with Crippen LogP contribution in [-0.2, 0) is 10.0 Å². The summed E-state index contributed by atoms with van der Waals surface area (Å²) < 4.78 is 37.5. The smallest absolute Gasteiger partial charge is 0.265 e. The van der Waals surface area contributed by atoms with Gasteiger partial charge in [-0.15, -0.1) is 11.3 Å². The number of aromatic nitrogens is 1. The fourth-order valence-electron chi connectivity index (χ4n) is 2.04. The molecule has 0 atom stereocenters. The van der Waals surface area contributed by atoms with Gasteiger partial charge in [-0.1, -0.05) is 0 Å². The average Bonchev–Trinajstić information content (AvgIpc) is 2.85. The molecule has 0 radical (unpaired) electrons. The van der Waals surface area contributed by atoms with E-state index in [1.54, 1.807) is 6.07 Å². The van der Waals surface area contributed by atoms with Crippen LogP contribution in [0.1, 0.15) is 10.6 Å². The molecule has 22 heavy (non-hydrogen) atoms. The number of hydrogen-bond acceptors (Lipinski definition) is 6. The van der Waals surface area contributed by atoms with Gasteiger partial charge in [0, 0.05) is 18.0 Å². The molecule has 1 aliphatic heterocycles. The lowest BCUT2D eigenvalue weighted by Gasteiger charge is -2.21. The number of benzene rings is 1. The van der Waals surface area contributed by atoms with Crippen molar-refractivity contribution in [1.29, 1.82) is 0 Å². The number of nitrogens with zero attached hydrogens (tertiary/aromatic N) is 2. The zero-order valence-corrected chi connectivity index (χ0v) is 14.1. The van der Waals surface area contributed by atoms with Crippen molar-refractivity contribution in [3.63, 3.8) is 0 Å². The van der Waals surface area contributed by atoms with E-state index in [2.05, 4.69) is 4.98 Å². The van der Waals surface area contributed by atoms with Crippen LogP contribution in [0.25, 0.3) is 0 Å². The van der Waals surface area contributed by atoms with Gasteiger partial charge in [0.2, 0.25) is 0 Å². The predicted molar refractivity (Wildman–Crippen MR) is 84.6 cm³/mol. The highest BCUT2D eigenvalue weighted by molar-refractivity contribution is 7.93. The summed E-state index contributed by atoms with van der Waals surface area (Å²) in [4.78, 5) is 5.46. The summed E-state index contributed by atoms with van der Waals surface area (Å²) in [6.45, 7) is 4.66. The zero-order chi connectivity index (χ0) is 15.9. The molecule has 0 amide bonds. The van der Waals surface area contributed by atoms with E-state index in [1.807, 2.05) is 13.8 Å². The molecule has 8 heteroatoms. The minimum atomic E-state index is -3.68. The van der Waals surface area contributed by atoms with Gasteiger partial charge in [0.15, 0.2) is 16.6 Å². The number of ether oxygens (including phenoxy) is 2. The fourth-order valence-corrected chi connectivity index (χ4v) is 4.28. The molecular weight excluding hydrogens is 324 g/mol. The number of hydrogen-bond donors (Lipinski definition) is 0. The molecule has 0 N–H and O–H groups in total. The van der Waals surface area contributed by atoms with Gasteiger partial charge in [-0.25, -0.2) is 17.7 Å². The number of anilines is 1. The summed E-state index contributed by atoms with van der Waals surface area (Å²) in [6, 6.07) is 4.63. The molecule has 0 aliphatic carbocycles. The van der Waals surface area contributed by atoms with E-state index >= 15 is 0 Å². The first kappa shape index (κ1) is 15.1. The highest BCUT2D eigenvalue weighted by Crippen LogP contribution is 2.34. The van der Waals surface area contributed by atoms with Gasteiger partial charge in [0.25, 0.3) is 10.0 Å². The van der Waals surface area contributed by atoms with Gasteiger partial charge in [0.05, 0.1) is 10.6 Å². The van der Waals surface area contributed by atoms with Crippen molar-refractivity contribution in [2.24, 2.45) is 0 Å². The maximum absolute atomic E-state index is 12.7. The SMILES string of the molecule is Cc1nc(N(C)S(=O)(=O)c2ccc3c(c2)OCCO3)sc1C. The Morgan fingerprint density at radius 1 is 1.18 bits per heavy atom. The molecule has 0 fully saturated rings. The van der Waals surface area contributed by atoms with Crippen molar-refractivity contribution in [1.82, 2.24) is 4.98 Å². The Kier molecular flexibility index (Phi) is 3.73. The summed E-state index contributed by atoms with van der Waals surface area (Å²) in [5.74, 6) is 1.01. The Labute approximate surface area is 133 Å². The summed E-state index contributed by atoms with van der Waals surface area (Å²) >= 11 is 1.35. The van der Waals surface area contributed by atoms with Crippen LogP contribution in [0.3, 0.4) is 0 Å². The third-order valence-electron chi connectivity index (χ3n) is 3.46. The molecule has 0 bridgehead atoms. The van der Waals surface area contributed by atoms with Crippen LogP contribution in [0.2, 0.25) is 0 Å². The Hall–Kier alpha value is -1.80. The van der Waals surface area contributed by atoms with Gasteiger partial charge >= 0.3 is 0 Å². The molecule has 0 unspecified atom stereocenters. The van der Waals surface area contributed by atoms with E-state index in [-0.39, 0.29) is 4.90 Å². The van der Waals surface area contributed by atoms with Crippen molar-refractivity contribution in [3.8, 4) is 11.5 Å². The van der Waals surface area contributed by atoms with Gasteiger partial charge in [-0.05, 0) is 26.0 Å². The molecule has 0 saturated heterocycles.